The number of ether oxygens (including phenoxy) is 1. The Kier molecular flexibility index (Phi) is 7.03. The van der Waals surface area contributed by atoms with E-state index in [1.165, 1.54) is 24.5 Å². The number of nitrogens with one attached hydrogen (secondary N) is 2. The van der Waals surface area contributed by atoms with Gasteiger partial charge in [0.15, 0.2) is 0 Å². The summed E-state index contributed by atoms with van der Waals surface area (Å²) in [5.41, 5.74) is 0.708. The topological polar surface area (TPSA) is 169 Å². The lowest BCUT2D eigenvalue weighted by Crippen LogP contribution is -2.36. The Labute approximate surface area is 194 Å². The molecule has 1 aliphatic heterocycles. The standard InChI is InChI=1S/C21H22N8O5/c30-20(31)16-13-26-21(23-6-5-22-17-3-2-15(12-24-17)29(32)33)27-19(16)14-1-4-18(25-11-14)28-7-9-34-10-8-28/h1-4,11-13H,5-10H2,(H,22,24)(H,30,31)(H,23,26,27). The van der Waals surface area contributed by atoms with E-state index in [0.29, 0.717) is 37.7 Å². The van der Waals surface area contributed by atoms with Gasteiger partial charge < -0.3 is 25.4 Å². The van der Waals surface area contributed by atoms with Crippen molar-refractivity contribution in [2.45, 2.75) is 0 Å². The van der Waals surface area contributed by atoms with Crippen LogP contribution >= 0.6 is 0 Å². The molecule has 1 aliphatic rings. The van der Waals surface area contributed by atoms with Gasteiger partial charge in [-0.3, -0.25) is 10.1 Å². The smallest absolute Gasteiger partial charge is 0.339 e. The van der Waals surface area contributed by atoms with Crippen LogP contribution in [0.25, 0.3) is 11.3 Å². The van der Waals surface area contributed by atoms with Crippen LogP contribution in [-0.4, -0.2) is 75.3 Å². The van der Waals surface area contributed by atoms with Gasteiger partial charge in [-0.1, -0.05) is 0 Å². The molecule has 0 atom stereocenters. The van der Waals surface area contributed by atoms with Crippen LogP contribution in [0.2, 0.25) is 0 Å². The van der Waals surface area contributed by atoms with Gasteiger partial charge >= 0.3 is 5.97 Å². The minimum atomic E-state index is -1.13. The lowest BCUT2D eigenvalue weighted by molar-refractivity contribution is -0.385. The molecular weight excluding hydrogens is 444 g/mol. The molecule has 0 aliphatic carbocycles. The van der Waals surface area contributed by atoms with E-state index in [1.54, 1.807) is 12.3 Å². The molecule has 3 aromatic heterocycles. The van der Waals surface area contributed by atoms with E-state index < -0.39 is 10.9 Å². The van der Waals surface area contributed by atoms with E-state index in [-0.39, 0.29) is 22.9 Å². The van der Waals surface area contributed by atoms with Crippen molar-refractivity contribution in [3.8, 4) is 11.3 Å². The molecule has 3 aromatic rings. The van der Waals surface area contributed by atoms with E-state index in [9.17, 15) is 20.0 Å². The van der Waals surface area contributed by atoms with Gasteiger partial charge in [-0.05, 0) is 18.2 Å². The number of rotatable bonds is 9. The molecule has 0 unspecified atom stereocenters. The molecule has 3 N–H and O–H groups in total. The molecule has 0 aromatic carbocycles. The molecule has 0 radical (unpaired) electrons. The lowest BCUT2D eigenvalue weighted by atomic mass is 10.1. The van der Waals surface area contributed by atoms with Gasteiger partial charge in [0.2, 0.25) is 5.95 Å². The Balaban J connectivity index is 1.41. The molecule has 0 bridgehead atoms. The Hall–Kier alpha value is -4.39. The van der Waals surface area contributed by atoms with Crippen LogP contribution in [0.15, 0.2) is 42.9 Å². The first-order valence-electron chi connectivity index (χ1n) is 10.5. The van der Waals surface area contributed by atoms with Crippen molar-refractivity contribution in [2.75, 3.05) is 54.9 Å². The predicted octanol–water partition coefficient (Wildman–Crippen LogP) is 1.90. The number of nitro groups is 1. The van der Waals surface area contributed by atoms with Crippen LogP contribution in [-0.2, 0) is 4.74 Å². The quantitative estimate of drug-likeness (QED) is 0.238. The number of anilines is 3. The Morgan fingerprint density at radius 3 is 2.50 bits per heavy atom. The third-order valence-corrected chi connectivity index (χ3v) is 5.05. The summed E-state index contributed by atoms with van der Waals surface area (Å²) >= 11 is 0. The van der Waals surface area contributed by atoms with Crippen molar-refractivity contribution in [2.24, 2.45) is 0 Å². The molecule has 4 heterocycles. The van der Waals surface area contributed by atoms with Crippen LogP contribution in [0.3, 0.4) is 0 Å². The zero-order valence-corrected chi connectivity index (χ0v) is 18.0. The molecule has 13 nitrogen and oxygen atoms in total. The van der Waals surface area contributed by atoms with Crippen LogP contribution in [0.1, 0.15) is 10.4 Å². The zero-order valence-electron chi connectivity index (χ0n) is 18.0. The van der Waals surface area contributed by atoms with Crippen molar-refractivity contribution in [3.63, 3.8) is 0 Å². The van der Waals surface area contributed by atoms with Gasteiger partial charge in [-0.2, -0.15) is 0 Å². The summed E-state index contributed by atoms with van der Waals surface area (Å²) in [6, 6.07) is 6.50. The number of carboxylic acid groups (broad SMARTS) is 1. The SMILES string of the molecule is O=C(O)c1cnc(NCCNc2ccc([N+](=O)[O-])cn2)nc1-c1ccc(N2CCOCC2)nc1. The van der Waals surface area contributed by atoms with Crippen molar-refractivity contribution in [3.05, 3.63) is 58.5 Å². The van der Waals surface area contributed by atoms with Crippen LogP contribution in [0, 0.1) is 10.1 Å². The second-order valence-corrected chi connectivity index (χ2v) is 7.28. The van der Waals surface area contributed by atoms with Gasteiger partial charge in [0.05, 0.1) is 23.8 Å². The number of carboxylic acids is 1. The molecule has 0 saturated carbocycles. The van der Waals surface area contributed by atoms with E-state index in [1.807, 2.05) is 6.07 Å². The van der Waals surface area contributed by atoms with Gasteiger partial charge in [-0.25, -0.2) is 24.7 Å². The number of pyridine rings is 2. The van der Waals surface area contributed by atoms with Crippen LogP contribution in [0.5, 0.6) is 0 Å². The zero-order chi connectivity index (χ0) is 23.9. The average Bonchev–Trinajstić information content (AvgIpc) is 2.87. The fourth-order valence-corrected chi connectivity index (χ4v) is 3.31. The van der Waals surface area contributed by atoms with Crippen molar-refractivity contribution in [1.29, 1.82) is 0 Å². The minimum Gasteiger partial charge on any atom is -0.478 e. The van der Waals surface area contributed by atoms with Crippen molar-refractivity contribution >= 4 is 29.2 Å². The number of carbonyl (C=O) groups is 1. The maximum Gasteiger partial charge on any atom is 0.339 e. The van der Waals surface area contributed by atoms with E-state index in [0.717, 1.165) is 18.9 Å². The van der Waals surface area contributed by atoms with E-state index in [2.05, 4.69) is 35.5 Å². The fourth-order valence-electron chi connectivity index (χ4n) is 3.31. The Bertz CT molecular complexity index is 1150. The third-order valence-electron chi connectivity index (χ3n) is 5.05. The van der Waals surface area contributed by atoms with Gasteiger partial charge in [0.25, 0.3) is 5.69 Å². The first kappa shape index (κ1) is 22.8. The molecule has 4 rings (SSSR count). The predicted molar refractivity (Wildman–Crippen MR) is 123 cm³/mol. The number of hydrogen-bond donors (Lipinski definition) is 3. The largest absolute Gasteiger partial charge is 0.478 e. The highest BCUT2D eigenvalue weighted by molar-refractivity contribution is 5.94. The molecule has 13 heteroatoms. The lowest BCUT2D eigenvalue weighted by Gasteiger charge is -2.27. The maximum atomic E-state index is 11.7. The van der Waals surface area contributed by atoms with Gasteiger partial charge in [0, 0.05) is 50.2 Å². The van der Waals surface area contributed by atoms with Crippen molar-refractivity contribution < 1.29 is 19.6 Å². The average molecular weight is 466 g/mol. The number of morpholine rings is 1. The number of aromatic carboxylic acids is 1. The molecule has 0 amide bonds. The first-order valence-corrected chi connectivity index (χ1v) is 10.5. The summed E-state index contributed by atoms with van der Waals surface area (Å²) < 4.78 is 5.36. The van der Waals surface area contributed by atoms with E-state index >= 15 is 0 Å². The normalized spacial score (nSPS) is 13.4. The highest BCUT2D eigenvalue weighted by Crippen LogP contribution is 2.24. The summed E-state index contributed by atoms with van der Waals surface area (Å²) in [4.78, 5) is 40.9. The summed E-state index contributed by atoms with van der Waals surface area (Å²) in [7, 11) is 0. The molecule has 0 spiro atoms. The monoisotopic (exact) mass is 466 g/mol. The van der Waals surface area contributed by atoms with Crippen LogP contribution < -0.4 is 15.5 Å². The summed E-state index contributed by atoms with van der Waals surface area (Å²) in [5, 5.41) is 26.3. The van der Waals surface area contributed by atoms with Gasteiger partial charge in [0.1, 0.15) is 23.4 Å². The Morgan fingerprint density at radius 1 is 1.06 bits per heavy atom. The molecule has 1 saturated heterocycles. The number of aromatic nitrogens is 4. The molecule has 176 valence electrons. The third kappa shape index (κ3) is 5.50. The molecule has 34 heavy (non-hydrogen) atoms. The van der Waals surface area contributed by atoms with Gasteiger partial charge in [-0.15, -0.1) is 0 Å². The second-order valence-electron chi connectivity index (χ2n) is 7.28. The van der Waals surface area contributed by atoms with E-state index in [4.69, 9.17) is 4.74 Å². The highest BCUT2D eigenvalue weighted by atomic mass is 16.6. The number of nitrogens with zero attached hydrogens (tertiary/aromatic N) is 6. The minimum absolute atomic E-state index is 0.0281. The molecule has 1 fully saturated rings. The maximum absolute atomic E-state index is 11.7. The van der Waals surface area contributed by atoms with Crippen LogP contribution in [0.4, 0.5) is 23.3 Å². The summed E-state index contributed by atoms with van der Waals surface area (Å²) in [6.07, 6.45) is 4.04. The van der Waals surface area contributed by atoms with Crippen molar-refractivity contribution in [1.82, 2.24) is 19.9 Å². The fraction of sp³-hybridized carbons (Fsp3) is 0.286. The number of hydrogen-bond acceptors (Lipinski definition) is 11. The second kappa shape index (κ2) is 10.5. The summed E-state index contributed by atoms with van der Waals surface area (Å²) in [6.45, 7) is 3.61. The Morgan fingerprint density at radius 2 is 1.85 bits per heavy atom. The molecular formula is C21H22N8O5. The first-order chi connectivity index (χ1) is 16.5. The highest BCUT2D eigenvalue weighted by Gasteiger charge is 2.17. The summed E-state index contributed by atoms with van der Waals surface area (Å²) in [5.74, 6) is 0.407.